The topological polar surface area (TPSA) is 107 Å². The maximum atomic E-state index is 12.3. The fraction of sp³-hybridized carbons (Fsp3) is 0.280. The van der Waals surface area contributed by atoms with Gasteiger partial charge in [0.25, 0.3) is 0 Å². The number of esters is 1. The molecule has 0 atom stereocenters. The zero-order valence-corrected chi connectivity index (χ0v) is 20.3. The first-order valence-corrected chi connectivity index (χ1v) is 11.5. The number of benzene rings is 2. The number of nitrogens with one attached hydrogen (secondary N) is 2. The van der Waals surface area contributed by atoms with E-state index >= 15 is 0 Å². The Morgan fingerprint density at radius 2 is 1.71 bits per heavy atom. The Labute approximate surface area is 202 Å². The van der Waals surface area contributed by atoms with Crippen LogP contribution in [0, 0.1) is 6.92 Å². The fourth-order valence-corrected chi connectivity index (χ4v) is 3.65. The van der Waals surface area contributed by atoms with Gasteiger partial charge in [0, 0.05) is 16.8 Å². The number of hydrogen-bond donors (Lipinski definition) is 2. The first-order valence-electron chi connectivity index (χ1n) is 10.6. The van der Waals surface area contributed by atoms with E-state index in [9.17, 15) is 14.4 Å². The first kappa shape index (κ1) is 24.9. The molecule has 0 aliphatic carbocycles. The zero-order valence-electron chi connectivity index (χ0n) is 19.5. The molecule has 0 aliphatic heterocycles. The maximum Gasteiger partial charge on any atom is 0.412 e. The maximum absolute atomic E-state index is 12.3. The average Bonchev–Trinajstić information content (AvgIpc) is 3.20. The molecule has 3 rings (SSSR count). The summed E-state index contributed by atoms with van der Waals surface area (Å²) in [5.74, 6) is -0.678. The summed E-state index contributed by atoms with van der Waals surface area (Å²) in [4.78, 5) is 40.8. The summed E-state index contributed by atoms with van der Waals surface area (Å²) in [6, 6.07) is 13.8. The van der Waals surface area contributed by atoms with Crippen molar-refractivity contribution in [3.63, 3.8) is 0 Å². The molecule has 34 heavy (non-hydrogen) atoms. The second-order valence-corrected chi connectivity index (χ2v) is 9.50. The summed E-state index contributed by atoms with van der Waals surface area (Å²) >= 11 is 1.34. The van der Waals surface area contributed by atoms with E-state index in [2.05, 4.69) is 15.6 Å². The number of hydrogen-bond acceptors (Lipinski definition) is 7. The molecule has 1 aromatic heterocycles. The Hall–Kier alpha value is -3.72. The molecule has 2 amide bonds. The molecule has 9 heteroatoms. The molecule has 2 aromatic carbocycles. The molecule has 0 saturated carbocycles. The summed E-state index contributed by atoms with van der Waals surface area (Å²) in [7, 11) is 0. The second-order valence-electron chi connectivity index (χ2n) is 8.55. The van der Waals surface area contributed by atoms with Crippen LogP contribution in [0.5, 0.6) is 0 Å². The van der Waals surface area contributed by atoms with Gasteiger partial charge >= 0.3 is 12.1 Å². The lowest BCUT2D eigenvalue weighted by atomic mass is 10.2. The van der Waals surface area contributed by atoms with Crippen molar-refractivity contribution in [3.8, 4) is 0 Å². The van der Waals surface area contributed by atoms with Gasteiger partial charge in [-0.3, -0.25) is 10.1 Å². The van der Waals surface area contributed by atoms with E-state index in [1.165, 1.54) is 11.3 Å². The average molecular weight is 482 g/mol. The molecule has 0 saturated heterocycles. The van der Waals surface area contributed by atoms with Crippen LogP contribution in [-0.4, -0.2) is 28.6 Å². The molecule has 8 nitrogen and oxygen atoms in total. The van der Waals surface area contributed by atoms with Crippen LogP contribution in [0.1, 0.15) is 47.4 Å². The smallest absolute Gasteiger partial charge is 0.412 e. The number of amides is 2. The molecule has 0 aliphatic rings. The van der Waals surface area contributed by atoms with E-state index in [1.54, 1.807) is 50.4 Å². The van der Waals surface area contributed by atoms with Crippen molar-refractivity contribution in [3.05, 3.63) is 75.7 Å². The van der Waals surface area contributed by atoms with Crippen molar-refractivity contribution in [2.75, 3.05) is 10.6 Å². The van der Waals surface area contributed by atoms with Crippen LogP contribution in [-0.2, 0) is 27.3 Å². The number of aromatic nitrogens is 1. The van der Waals surface area contributed by atoms with E-state index in [0.717, 1.165) is 11.3 Å². The number of nitrogens with zero attached hydrogens (tertiary/aromatic N) is 1. The van der Waals surface area contributed by atoms with Crippen LogP contribution >= 0.6 is 11.3 Å². The molecule has 0 fully saturated rings. The van der Waals surface area contributed by atoms with E-state index in [1.807, 2.05) is 31.2 Å². The molecule has 0 spiro atoms. The highest BCUT2D eigenvalue weighted by Gasteiger charge is 2.17. The molecule has 1 heterocycles. The third kappa shape index (κ3) is 7.70. The monoisotopic (exact) mass is 481 g/mol. The van der Waals surface area contributed by atoms with Crippen molar-refractivity contribution in [2.24, 2.45) is 0 Å². The third-order valence-electron chi connectivity index (χ3n) is 4.45. The minimum Gasteiger partial charge on any atom is -0.456 e. The largest absolute Gasteiger partial charge is 0.456 e. The van der Waals surface area contributed by atoms with E-state index in [-0.39, 0.29) is 18.9 Å². The minimum absolute atomic E-state index is 0.00729. The highest BCUT2D eigenvalue weighted by molar-refractivity contribution is 7.09. The van der Waals surface area contributed by atoms with Crippen LogP contribution in [0.15, 0.2) is 53.9 Å². The molecule has 2 N–H and O–H groups in total. The van der Waals surface area contributed by atoms with Crippen LogP contribution < -0.4 is 10.6 Å². The van der Waals surface area contributed by atoms with Gasteiger partial charge in [-0.15, -0.1) is 11.3 Å². The van der Waals surface area contributed by atoms with Gasteiger partial charge in [-0.1, -0.05) is 18.2 Å². The standard InChI is InChI=1S/C25H27N3O5S/c1-16-7-5-6-8-20(16)28-21(29)13-22-26-19(15-34-22)14-32-23(30)17-9-11-18(12-10-17)27-24(31)33-25(2,3)4/h5-12,15H,13-14H2,1-4H3,(H,27,31)(H,28,29). The predicted octanol–water partition coefficient (Wildman–Crippen LogP) is 5.34. The number of thiazole rings is 1. The van der Waals surface area contributed by atoms with Crippen LogP contribution in [0.4, 0.5) is 16.2 Å². The third-order valence-corrected chi connectivity index (χ3v) is 5.34. The van der Waals surface area contributed by atoms with Crippen molar-refractivity contribution < 1.29 is 23.9 Å². The number of aryl methyl sites for hydroxylation is 1. The molecular weight excluding hydrogens is 454 g/mol. The number of anilines is 2. The first-order chi connectivity index (χ1) is 16.1. The Kier molecular flexibility index (Phi) is 8.01. The summed E-state index contributed by atoms with van der Waals surface area (Å²) in [5, 5.41) is 7.87. The predicted molar refractivity (Wildman–Crippen MR) is 131 cm³/mol. The van der Waals surface area contributed by atoms with Gasteiger partial charge in [0.2, 0.25) is 5.91 Å². The number of carbonyl (C=O) groups is 3. The van der Waals surface area contributed by atoms with Crippen LogP contribution in [0.3, 0.4) is 0 Å². The Morgan fingerprint density at radius 3 is 2.38 bits per heavy atom. The van der Waals surface area contributed by atoms with Crippen LogP contribution in [0.25, 0.3) is 0 Å². The Balaban J connectivity index is 1.47. The summed E-state index contributed by atoms with van der Waals surface area (Å²) < 4.78 is 10.5. The van der Waals surface area contributed by atoms with Crippen LogP contribution in [0.2, 0.25) is 0 Å². The van der Waals surface area contributed by atoms with Gasteiger partial charge in [0.05, 0.1) is 17.7 Å². The fourth-order valence-electron chi connectivity index (χ4n) is 2.88. The van der Waals surface area contributed by atoms with Crippen molar-refractivity contribution in [2.45, 2.75) is 46.3 Å². The van der Waals surface area contributed by atoms with Gasteiger partial charge in [-0.25, -0.2) is 14.6 Å². The molecule has 0 bridgehead atoms. The lowest BCUT2D eigenvalue weighted by molar-refractivity contribution is -0.115. The summed E-state index contributed by atoms with van der Waals surface area (Å²) in [5.41, 5.74) is 2.55. The van der Waals surface area contributed by atoms with Crippen molar-refractivity contribution >= 4 is 40.7 Å². The van der Waals surface area contributed by atoms with Gasteiger partial charge in [0.15, 0.2) is 0 Å². The Morgan fingerprint density at radius 1 is 1.00 bits per heavy atom. The number of ether oxygens (including phenoxy) is 2. The Bertz CT molecular complexity index is 1170. The van der Waals surface area contributed by atoms with Gasteiger partial charge < -0.3 is 14.8 Å². The molecule has 0 unspecified atom stereocenters. The second kappa shape index (κ2) is 10.9. The molecule has 0 radical (unpaired) electrons. The SMILES string of the molecule is Cc1ccccc1NC(=O)Cc1nc(COC(=O)c2ccc(NC(=O)OC(C)(C)C)cc2)cs1. The van der Waals surface area contributed by atoms with Crippen molar-refractivity contribution in [1.29, 1.82) is 0 Å². The van der Waals surface area contributed by atoms with E-state index in [4.69, 9.17) is 9.47 Å². The van der Waals surface area contributed by atoms with Gasteiger partial charge in [-0.05, 0) is 63.6 Å². The molecule has 3 aromatic rings. The highest BCUT2D eigenvalue weighted by atomic mass is 32.1. The lowest BCUT2D eigenvalue weighted by Crippen LogP contribution is -2.27. The normalized spacial score (nSPS) is 10.9. The molecule has 178 valence electrons. The van der Waals surface area contributed by atoms with Crippen molar-refractivity contribution in [1.82, 2.24) is 4.98 Å². The number of para-hydroxylation sites is 1. The van der Waals surface area contributed by atoms with E-state index < -0.39 is 17.7 Å². The number of rotatable bonds is 7. The number of carbonyl (C=O) groups excluding carboxylic acids is 3. The summed E-state index contributed by atoms with van der Waals surface area (Å²) in [6.45, 7) is 7.25. The quantitative estimate of drug-likeness (QED) is 0.441. The van der Waals surface area contributed by atoms with Gasteiger partial charge in [-0.2, -0.15) is 0 Å². The van der Waals surface area contributed by atoms with Gasteiger partial charge in [0.1, 0.15) is 17.2 Å². The summed E-state index contributed by atoms with van der Waals surface area (Å²) in [6.07, 6.45) is -0.436. The van der Waals surface area contributed by atoms with E-state index in [0.29, 0.717) is 22.0 Å². The highest BCUT2D eigenvalue weighted by Crippen LogP contribution is 2.17. The minimum atomic E-state index is -0.603. The lowest BCUT2D eigenvalue weighted by Gasteiger charge is -2.19. The zero-order chi connectivity index (χ0) is 24.7. The molecular formula is C25H27N3O5S.